The van der Waals surface area contributed by atoms with E-state index in [2.05, 4.69) is 37.4 Å². The number of carbonyl (C=O) groups excluding carboxylic acids is 2. The quantitative estimate of drug-likeness (QED) is 0.634. The van der Waals surface area contributed by atoms with Crippen molar-refractivity contribution in [1.29, 1.82) is 0 Å². The molecular formula is C21H22N6O2S. The van der Waals surface area contributed by atoms with Gasteiger partial charge in [0.1, 0.15) is 5.69 Å². The molecule has 0 radical (unpaired) electrons. The minimum absolute atomic E-state index is 0.0385. The third kappa shape index (κ3) is 4.87. The molecule has 154 valence electrons. The number of aryl methyl sites for hydroxylation is 1. The average Bonchev–Trinajstić information content (AvgIpc) is 3.16. The Balaban J connectivity index is 1.33. The van der Waals surface area contributed by atoms with E-state index in [9.17, 15) is 9.59 Å². The Bertz CT molecular complexity index is 1040. The van der Waals surface area contributed by atoms with E-state index >= 15 is 0 Å². The highest BCUT2D eigenvalue weighted by Crippen LogP contribution is 2.28. The Morgan fingerprint density at radius 2 is 2.00 bits per heavy atom. The number of nitrogens with zero attached hydrogens (tertiary/aromatic N) is 4. The van der Waals surface area contributed by atoms with Crippen LogP contribution in [0.15, 0.2) is 42.9 Å². The Hall–Kier alpha value is -3.17. The van der Waals surface area contributed by atoms with Crippen molar-refractivity contribution in [3.8, 4) is 0 Å². The predicted molar refractivity (Wildman–Crippen MR) is 116 cm³/mol. The van der Waals surface area contributed by atoms with Gasteiger partial charge in [0.15, 0.2) is 5.13 Å². The minimum atomic E-state index is -0.334. The van der Waals surface area contributed by atoms with Crippen LogP contribution < -0.4 is 10.6 Å². The molecule has 1 aromatic carbocycles. The fourth-order valence-electron chi connectivity index (χ4n) is 3.24. The van der Waals surface area contributed by atoms with Crippen molar-refractivity contribution in [2.75, 3.05) is 23.7 Å². The summed E-state index contributed by atoms with van der Waals surface area (Å²) in [5, 5.41) is 6.27. The Morgan fingerprint density at radius 1 is 1.17 bits per heavy atom. The molecule has 0 spiro atoms. The molecule has 3 aromatic rings. The van der Waals surface area contributed by atoms with Crippen molar-refractivity contribution >= 4 is 34.0 Å². The number of rotatable bonds is 6. The van der Waals surface area contributed by atoms with Crippen molar-refractivity contribution in [2.24, 2.45) is 0 Å². The van der Waals surface area contributed by atoms with E-state index in [1.54, 1.807) is 0 Å². The van der Waals surface area contributed by atoms with E-state index < -0.39 is 0 Å². The SMILES string of the molecule is CCc1ccc(NC(=O)CN2CCc3nc(NC(=O)c4cnccn4)sc3C2)cc1. The second-order valence-electron chi connectivity index (χ2n) is 6.99. The van der Waals surface area contributed by atoms with Gasteiger partial charge in [0.05, 0.1) is 18.4 Å². The first kappa shape index (κ1) is 20.1. The fourth-order valence-corrected chi connectivity index (χ4v) is 4.29. The second-order valence-corrected chi connectivity index (χ2v) is 8.08. The number of thiazole rings is 1. The molecule has 0 aliphatic carbocycles. The molecule has 9 heteroatoms. The van der Waals surface area contributed by atoms with Crippen LogP contribution in [0.25, 0.3) is 0 Å². The summed E-state index contributed by atoms with van der Waals surface area (Å²) in [6, 6.07) is 7.91. The van der Waals surface area contributed by atoms with E-state index in [4.69, 9.17) is 0 Å². The maximum atomic E-state index is 12.4. The molecule has 0 atom stereocenters. The molecule has 0 fully saturated rings. The third-order valence-corrected chi connectivity index (χ3v) is 5.84. The van der Waals surface area contributed by atoms with Crippen molar-refractivity contribution in [1.82, 2.24) is 19.9 Å². The van der Waals surface area contributed by atoms with E-state index in [-0.39, 0.29) is 17.5 Å². The molecule has 1 aliphatic rings. The van der Waals surface area contributed by atoms with Crippen LogP contribution in [-0.4, -0.2) is 44.8 Å². The average molecular weight is 423 g/mol. The standard InChI is InChI=1S/C21H22N6O2S/c1-2-14-3-5-15(6-4-14)24-19(28)13-27-10-7-16-18(12-27)30-21(25-16)26-20(29)17-11-22-8-9-23-17/h3-6,8-9,11H,2,7,10,12-13H2,1H3,(H,24,28)(H,25,26,29). The van der Waals surface area contributed by atoms with Gasteiger partial charge in [0.25, 0.3) is 5.91 Å². The number of fused-ring (bicyclic) bond motifs is 1. The number of anilines is 2. The van der Waals surface area contributed by atoms with Crippen molar-refractivity contribution < 1.29 is 9.59 Å². The zero-order valence-electron chi connectivity index (χ0n) is 16.6. The smallest absolute Gasteiger partial charge is 0.277 e. The molecule has 0 unspecified atom stereocenters. The van der Waals surface area contributed by atoms with Gasteiger partial charge < -0.3 is 5.32 Å². The lowest BCUT2D eigenvalue weighted by Crippen LogP contribution is -2.36. The summed E-state index contributed by atoms with van der Waals surface area (Å²) in [5.41, 5.74) is 3.27. The summed E-state index contributed by atoms with van der Waals surface area (Å²) >= 11 is 1.43. The summed E-state index contributed by atoms with van der Waals surface area (Å²) in [6.45, 7) is 3.80. The molecule has 2 N–H and O–H groups in total. The highest BCUT2D eigenvalue weighted by molar-refractivity contribution is 7.15. The van der Waals surface area contributed by atoms with Crippen LogP contribution in [0.3, 0.4) is 0 Å². The van der Waals surface area contributed by atoms with Gasteiger partial charge in [-0.15, -0.1) is 11.3 Å². The summed E-state index contributed by atoms with van der Waals surface area (Å²) in [7, 11) is 0. The van der Waals surface area contributed by atoms with Gasteiger partial charge in [-0.3, -0.25) is 24.8 Å². The number of hydrogen-bond donors (Lipinski definition) is 2. The molecule has 3 heterocycles. The van der Waals surface area contributed by atoms with E-state index in [1.165, 1.54) is 35.5 Å². The molecule has 0 saturated carbocycles. The highest BCUT2D eigenvalue weighted by atomic mass is 32.1. The molecule has 4 rings (SSSR count). The van der Waals surface area contributed by atoms with Crippen molar-refractivity contribution in [3.05, 3.63) is 64.7 Å². The summed E-state index contributed by atoms with van der Waals surface area (Å²) in [6.07, 6.45) is 6.12. The summed E-state index contributed by atoms with van der Waals surface area (Å²) in [4.78, 5) is 40.2. The van der Waals surface area contributed by atoms with Crippen LogP contribution in [0, 0.1) is 0 Å². The Kier molecular flexibility index (Phi) is 6.10. The van der Waals surface area contributed by atoms with E-state index in [0.717, 1.165) is 35.6 Å². The Labute approximate surface area is 178 Å². The van der Waals surface area contributed by atoms with Gasteiger partial charge in [0.2, 0.25) is 5.91 Å². The lowest BCUT2D eigenvalue weighted by molar-refractivity contribution is -0.117. The fraction of sp³-hybridized carbons (Fsp3) is 0.286. The first-order valence-electron chi connectivity index (χ1n) is 9.78. The normalized spacial score (nSPS) is 13.5. The molecule has 30 heavy (non-hydrogen) atoms. The largest absolute Gasteiger partial charge is 0.325 e. The lowest BCUT2D eigenvalue weighted by Gasteiger charge is -2.25. The first-order valence-corrected chi connectivity index (χ1v) is 10.6. The van der Waals surface area contributed by atoms with E-state index in [0.29, 0.717) is 18.2 Å². The van der Waals surface area contributed by atoms with Crippen LogP contribution in [0.4, 0.5) is 10.8 Å². The zero-order valence-corrected chi connectivity index (χ0v) is 17.4. The maximum Gasteiger partial charge on any atom is 0.277 e. The van der Waals surface area contributed by atoms with Gasteiger partial charge in [-0.1, -0.05) is 19.1 Å². The number of carbonyl (C=O) groups is 2. The molecule has 2 amide bonds. The molecule has 0 bridgehead atoms. The molecular weight excluding hydrogens is 400 g/mol. The molecule has 1 aliphatic heterocycles. The van der Waals surface area contributed by atoms with E-state index in [1.807, 2.05) is 24.3 Å². The van der Waals surface area contributed by atoms with Gasteiger partial charge in [-0.2, -0.15) is 0 Å². The molecule has 8 nitrogen and oxygen atoms in total. The summed E-state index contributed by atoms with van der Waals surface area (Å²) in [5.74, 6) is -0.372. The van der Waals surface area contributed by atoms with Crippen molar-refractivity contribution in [2.45, 2.75) is 26.3 Å². The molecule has 2 aromatic heterocycles. The van der Waals surface area contributed by atoms with Crippen LogP contribution in [0.1, 0.15) is 33.5 Å². The van der Waals surface area contributed by atoms with Gasteiger partial charge in [-0.25, -0.2) is 9.97 Å². The Morgan fingerprint density at radius 3 is 2.73 bits per heavy atom. The van der Waals surface area contributed by atoms with Gasteiger partial charge in [-0.05, 0) is 24.1 Å². The second kappa shape index (κ2) is 9.10. The van der Waals surface area contributed by atoms with Crippen LogP contribution in [0.2, 0.25) is 0 Å². The monoisotopic (exact) mass is 422 g/mol. The number of benzene rings is 1. The van der Waals surface area contributed by atoms with Gasteiger partial charge in [0, 0.05) is 42.5 Å². The molecule has 0 saturated heterocycles. The topological polar surface area (TPSA) is 100 Å². The minimum Gasteiger partial charge on any atom is -0.325 e. The zero-order chi connectivity index (χ0) is 20.9. The van der Waals surface area contributed by atoms with Crippen LogP contribution >= 0.6 is 11.3 Å². The number of aromatic nitrogens is 3. The number of amides is 2. The maximum absolute atomic E-state index is 12.4. The van der Waals surface area contributed by atoms with Crippen LogP contribution in [0.5, 0.6) is 0 Å². The highest BCUT2D eigenvalue weighted by Gasteiger charge is 2.23. The van der Waals surface area contributed by atoms with Crippen molar-refractivity contribution in [3.63, 3.8) is 0 Å². The number of nitrogens with one attached hydrogen (secondary N) is 2. The third-order valence-electron chi connectivity index (χ3n) is 4.84. The predicted octanol–water partition coefficient (Wildman–Crippen LogP) is 2.74. The first-order chi connectivity index (χ1) is 14.6. The summed E-state index contributed by atoms with van der Waals surface area (Å²) < 4.78 is 0. The number of hydrogen-bond acceptors (Lipinski definition) is 7. The van der Waals surface area contributed by atoms with Gasteiger partial charge >= 0.3 is 0 Å². The lowest BCUT2D eigenvalue weighted by atomic mass is 10.1. The van der Waals surface area contributed by atoms with Crippen LogP contribution in [-0.2, 0) is 24.2 Å².